The van der Waals surface area contributed by atoms with Crippen LogP contribution >= 0.6 is 18.9 Å². The Morgan fingerprint density at radius 1 is 0.957 bits per heavy atom. The third kappa shape index (κ3) is 12.9. The first-order chi connectivity index (χ1) is 32.8. The molecule has 6 rings (SSSR count). The lowest BCUT2D eigenvalue weighted by Crippen LogP contribution is -2.58. The molecular formula is C46H63N6O15PS. The van der Waals surface area contributed by atoms with Crippen LogP contribution in [0, 0.1) is 11.3 Å². The van der Waals surface area contributed by atoms with Gasteiger partial charge >= 0.3 is 26.0 Å². The van der Waals surface area contributed by atoms with Crippen molar-refractivity contribution in [3.8, 4) is 22.9 Å². The highest BCUT2D eigenvalue weighted by Gasteiger charge is 2.69. The van der Waals surface area contributed by atoms with Crippen LogP contribution in [0.25, 0.3) is 22.3 Å². The first kappa shape index (κ1) is 52.7. The molecule has 23 heteroatoms. The second-order valence-corrected chi connectivity index (χ2v) is 21.2. The molecule has 378 valence electrons. The molecule has 0 radical (unpaired) electrons. The van der Waals surface area contributed by atoms with Crippen molar-refractivity contribution in [2.75, 3.05) is 45.8 Å². The number of alkyl carbamates (subject to hydrolysis) is 1. The van der Waals surface area contributed by atoms with Crippen LogP contribution < -0.4 is 25.4 Å². The molecule has 21 nitrogen and oxygen atoms in total. The van der Waals surface area contributed by atoms with E-state index in [1.54, 1.807) is 66.0 Å². The minimum atomic E-state index is -4.70. The molecule has 2 aliphatic carbocycles. The number of amides is 3. The van der Waals surface area contributed by atoms with Crippen LogP contribution in [0.4, 0.5) is 19.5 Å². The van der Waals surface area contributed by atoms with Crippen molar-refractivity contribution >= 4 is 65.2 Å². The number of fused-ring (bicyclic) bond motifs is 1. The molecule has 0 spiro atoms. The fourth-order valence-corrected chi connectivity index (χ4v) is 11.1. The molecule has 3 heterocycles. The molecule has 3 amide bonds. The molecule has 69 heavy (non-hydrogen) atoms. The van der Waals surface area contributed by atoms with Gasteiger partial charge in [0.2, 0.25) is 25.4 Å². The zero-order chi connectivity index (χ0) is 50.1. The van der Waals surface area contributed by atoms with Crippen molar-refractivity contribution in [3.05, 3.63) is 42.3 Å². The van der Waals surface area contributed by atoms with Gasteiger partial charge in [0.1, 0.15) is 46.8 Å². The number of methoxy groups -OCH3 is 1. The maximum Gasteiger partial charge on any atom is 0.510 e. The van der Waals surface area contributed by atoms with Gasteiger partial charge in [0.25, 0.3) is 0 Å². The summed E-state index contributed by atoms with van der Waals surface area (Å²) in [5.41, 5.74) is 0.727. The fraction of sp³-hybridized carbons (Fsp3) is 0.587. The number of nitrogens with zero attached hydrogens (tertiary/aromatic N) is 3. The molecule has 3 aliphatic rings. The minimum absolute atomic E-state index is 0.0242. The van der Waals surface area contributed by atoms with Gasteiger partial charge in [-0.25, -0.2) is 24.4 Å². The zero-order valence-electron chi connectivity index (χ0n) is 40.2. The van der Waals surface area contributed by atoms with Crippen molar-refractivity contribution in [1.82, 2.24) is 25.5 Å². The minimum Gasteiger partial charge on any atom is -0.497 e. The number of hydrogen-bond acceptors (Lipinski definition) is 19. The monoisotopic (exact) mass is 1000 g/mol. The average Bonchev–Trinajstić information content (AvgIpc) is 3.69. The predicted molar refractivity (Wildman–Crippen MR) is 253 cm³/mol. The third-order valence-electron chi connectivity index (χ3n) is 11.7. The molecule has 3 N–H and O–H groups in total. The quantitative estimate of drug-likeness (QED) is 0.0299. The number of pyridine rings is 1. The number of nitrogens with one attached hydrogen (secondary N) is 3. The number of ether oxygens (including phenoxy) is 7. The number of likely N-dealkylation sites (tertiary alicyclic amines) is 1. The predicted octanol–water partition coefficient (Wildman–Crippen LogP) is 8.12. The Hall–Kier alpha value is -5.70. The Labute approximate surface area is 405 Å². The summed E-state index contributed by atoms with van der Waals surface area (Å²) in [5, 5.41) is 10.3. The van der Waals surface area contributed by atoms with Crippen LogP contribution in [-0.2, 0) is 46.9 Å². The summed E-state index contributed by atoms with van der Waals surface area (Å²) in [4.78, 5) is 78.6. The Morgan fingerprint density at radius 3 is 2.20 bits per heavy atom. The normalized spacial score (nSPS) is 20.7. The van der Waals surface area contributed by atoms with Crippen LogP contribution in [0.5, 0.6) is 11.5 Å². The number of benzene rings is 1. The zero-order valence-corrected chi connectivity index (χ0v) is 41.9. The highest BCUT2D eigenvalue weighted by atomic mass is 32.1. The Bertz CT molecular complexity index is 2360. The molecular weight excluding hydrogens is 940 g/mol. The molecule has 0 bridgehead atoms. The van der Waals surface area contributed by atoms with Crippen LogP contribution in [0.15, 0.2) is 42.3 Å². The summed E-state index contributed by atoms with van der Waals surface area (Å²) in [6.45, 7) is 14.2. The van der Waals surface area contributed by atoms with Gasteiger partial charge in [-0.2, -0.15) is 0 Å². The number of thiazole rings is 1. The summed E-state index contributed by atoms with van der Waals surface area (Å²) < 4.78 is 63.7. The molecule has 5 atom stereocenters. The van der Waals surface area contributed by atoms with Gasteiger partial charge in [0.15, 0.2) is 5.13 Å². The summed E-state index contributed by atoms with van der Waals surface area (Å²) in [7, 11) is -3.15. The van der Waals surface area contributed by atoms with Crippen molar-refractivity contribution in [1.29, 1.82) is 0 Å². The van der Waals surface area contributed by atoms with Gasteiger partial charge in [-0.15, -0.1) is 17.9 Å². The van der Waals surface area contributed by atoms with Crippen molar-refractivity contribution in [2.45, 2.75) is 123 Å². The van der Waals surface area contributed by atoms with E-state index in [4.69, 9.17) is 52.2 Å². The maximum absolute atomic E-state index is 15.0. The Balaban J connectivity index is 1.36. The van der Waals surface area contributed by atoms with E-state index in [0.29, 0.717) is 51.8 Å². The van der Waals surface area contributed by atoms with E-state index in [2.05, 4.69) is 22.5 Å². The second kappa shape index (κ2) is 22.8. The van der Waals surface area contributed by atoms with E-state index in [0.717, 1.165) is 12.8 Å². The highest BCUT2D eigenvalue weighted by molar-refractivity contribution is 7.56. The standard InChI is InChI=1S/C46H63N6O15PS/c1-10-28-22-46(28,68(58,64-25-62-43(56)60-11-2)65-26-63-44(57)61-12-3)51-39(53)36-20-31(23-52(36)40(54)38(45(6,7)8)50-42(55)67-29-15-13-14-16-29)66-37-21-34(35-24-69-41(49-35)47-27(4)5)48-33-19-30(59-9)17-18-32(33)37/h10,17-19,21,24,27-29,31,36,38H,1,11-16,20,22-23,25-26H2,2-9H3,(H,47,49)(H,50,55)(H,51,53)/t28-,31-,36?,38-,46+/m1/s1. The maximum atomic E-state index is 15.0. The fourth-order valence-electron chi connectivity index (χ4n) is 8.17. The van der Waals surface area contributed by atoms with E-state index < -0.39 is 86.2 Å². The summed E-state index contributed by atoms with van der Waals surface area (Å²) in [5.74, 6) is -1.21. The van der Waals surface area contributed by atoms with Gasteiger partial charge in [-0.3, -0.25) is 23.2 Å². The first-order valence-electron chi connectivity index (χ1n) is 22.9. The van der Waals surface area contributed by atoms with Gasteiger partial charge in [-0.05, 0) is 77.3 Å². The lowest BCUT2D eigenvalue weighted by atomic mass is 9.85. The van der Waals surface area contributed by atoms with Gasteiger partial charge in [-0.1, -0.05) is 26.8 Å². The van der Waals surface area contributed by atoms with Crippen molar-refractivity contribution < 1.29 is 70.7 Å². The number of carbonyl (C=O) groups is 5. The summed E-state index contributed by atoms with van der Waals surface area (Å²) in [6, 6.07) is 4.72. The molecule has 3 aromatic rings. The van der Waals surface area contributed by atoms with Crippen LogP contribution in [-0.4, -0.2) is 121 Å². The lowest BCUT2D eigenvalue weighted by molar-refractivity contribution is -0.142. The smallest absolute Gasteiger partial charge is 0.497 e. The number of rotatable bonds is 21. The largest absolute Gasteiger partial charge is 0.510 e. The molecule has 3 fully saturated rings. The molecule has 1 aliphatic heterocycles. The van der Waals surface area contributed by atoms with E-state index in [1.807, 2.05) is 19.2 Å². The van der Waals surface area contributed by atoms with E-state index >= 15 is 4.79 Å². The van der Waals surface area contributed by atoms with Gasteiger partial charge in [0.05, 0.1) is 38.1 Å². The summed E-state index contributed by atoms with van der Waals surface area (Å²) >= 11 is 1.42. The molecule has 2 aromatic heterocycles. The molecule has 1 unspecified atom stereocenters. The number of anilines is 1. The number of carbonyl (C=O) groups excluding carboxylic acids is 5. The van der Waals surface area contributed by atoms with Gasteiger partial charge < -0.3 is 54.0 Å². The molecule has 2 saturated carbocycles. The highest BCUT2D eigenvalue weighted by Crippen LogP contribution is 2.73. The van der Waals surface area contributed by atoms with Crippen LogP contribution in [0.2, 0.25) is 0 Å². The SMILES string of the molecule is C=C[C@@H]1C[C@]1(NC(=O)C1C[C@@H](Oc2cc(-c3csc(NC(C)C)n3)nc3cc(OC)ccc23)CN1C(=O)[C@@H](NC(=O)OC1CCCC1)C(C)(C)C)P(=O)(OCOC(=O)OCC)OCOC(=O)OCC. The third-order valence-corrected chi connectivity index (χ3v) is 14.9. The molecule has 1 saturated heterocycles. The van der Waals surface area contributed by atoms with Crippen LogP contribution in [0.1, 0.15) is 87.0 Å². The van der Waals surface area contributed by atoms with Gasteiger partial charge in [0, 0.05) is 41.3 Å². The molecule has 1 aromatic carbocycles. The van der Waals surface area contributed by atoms with E-state index in [1.165, 1.54) is 22.3 Å². The Kier molecular flexibility index (Phi) is 17.4. The lowest BCUT2D eigenvalue weighted by Gasteiger charge is -2.36. The van der Waals surface area contributed by atoms with Crippen molar-refractivity contribution in [3.63, 3.8) is 0 Å². The topological polar surface area (TPSA) is 251 Å². The number of aromatic nitrogens is 2. The van der Waals surface area contributed by atoms with Crippen LogP contribution in [0.3, 0.4) is 0 Å². The Morgan fingerprint density at radius 2 is 1.62 bits per heavy atom. The second-order valence-electron chi connectivity index (χ2n) is 18.1. The van der Waals surface area contributed by atoms with Crippen molar-refractivity contribution in [2.24, 2.45) is 11.3 Å². The number of hydrogen-bond donors (Lipinski definition) is 3. The summed E-state index contributed by atoms with van der Waals surface area (Å²) in [6.07, 6.45) is 0.398. The van der Waals surface area contributed by atoms with E-state index in [9.17, 15) is 23.7 Å². The first-order valence-corrected chi connectivity index (χ1v) is 25.3. The average molecular weight is 1000 g/mol. The van der Waals surface area contributed by atoms with E-state index in [-0.39, 0.29) is 44.7 Å².